The summed E-state index contributed by atoms with van der Waals surface area (Å²) >= 11 is 1.29. The van der Waals surface area contributed by atoms with Crippen LogP contribution in [0.4, 0.5) is 18.9 Å². The summed E-state index contributed by atoms with van der Waals surface area (Å²) in [6.45, 7) is 1.68. The zero-order valence-electron chi connectivity index (χ0n) is 16.3. The Morgan fingerprint density at radius 3 is 2.39 bits per heavy atom. The van der Waals surface area contributed by atoms with E-state index < -0.39 is 21.9 Å². The summed E-state index contributed by atoms with van der Waals surface area (Å²) in [7, 11) is -2.22. The van der Waals surface area contributed by atoms with Crippen LogP contribution in [0, 0.1) is 6.92 Å². The molecule has 7 nitrogen and oxygen atoms in total. The molecule has 0 saturated carbocycles. The summed E-state index contributed by atoms with van der Waals surface area (Å²) in [5, 5.41) is 5.35. The van der Waals surface area contributed by atoms with Gasteiger partial charge in [-0.3, -0.25) is 4.72 Å². The third-order valence-electron chi connectivity index (χ3n) is 4.50. The summed E-state index contributed by atoms with van der Waals surface area (Å²) in [5.41, 5.74) is -0.116. The van der Waals surface area contributed by atoms with E-state index in [9.17, 15) is 21.6 Å². The first-order valence-electron chi connectivity index (χ1n) is 8.89. The van der Waals surface area contributed by atoms with E-state index in [1.54, 1.807) is 36.1 Å². The van der Waals surface area contributed by atoms with Gasteiger partial charge in [-0.15, -0.1) is 11.3 Å². The lowest BCUT2D eigenvalue weighted by Gasteiger charge is -2.09. The van der Waals surface area contributed by atoms with Gasteiger partial charge in [-0.2, -0.15) is 26.7 Å². The average molecular weight is 467 g/mol. The van der Waals surface area contributed by atoms with Crippen LogP contribution in [0.3, 0.4) is 0 Å². The molecule has 0 bridgehead atoms. The maximum Gasteiger partial charge on any atom is 0.435 e. The molecule has 0 spiro atoms. The Bertz CT molecular complexity index is 1300. The number of hydrogen-bond acceptors (Lipinski definition) is 5. The summed E-state index contributed by atoms with van der Waals surface area (Å²) in [4.78, 5) is 4.63. The van der Waals surface area contributed by atoms with Crippen molar-refractivity contribution in [2.45, 2.75) is 18.1 Å². The molecule has 4 aromatic rings. The van der Waals surface area contributed by atoms with Gasteiger partial charge < -0.3 is 4.57 Å². The second-order valence-corrected chi connectivity index (χ2v) is 9.27. The number of hydrogen-bond donors (Lipinski definition) is 1. The van der Waals surface area contributed by atoms with Crippen molar-refractivity contribution in [1.82, 2.24) is 19.3 Å². The van der Waals surface area contributed by atoms with Crippen LogP contribution < -0.4 is 4.72 Å². The van der Waals surface area contributed by atoms with E-state index in [1.165, 1.54) is 46.5 Å². The van der Waals surface area contributed by atoms with Gasteiger partial charge in [0.1, 0.15) is 5.82 Å². The van der Waals surface area contributed by atoms with E-state index >= 15 is 0 Å². The number of nitrogens with zero attached hydrogens (tertiary/aromatic N) is 4. The van der Waals surface area contributed by atoms with Gasteiger partial charge in [0.25, 0.3) is 10.0 Å². The van der Waals surface area contributed by atoms with E-state index in [0.29, 0.717) is 22.1 Å². The van der Waals surface area contributed by atoms with E-state index in [1.807, 2.05) is 0 Å². The first-order valence-corrected chi connectivity index (χ1v) is 11.3. The summed E-state index contributed by atoms with van der Waals surface area (Å²) in [6.07, 6.45) is -3.20. The highest BCUT2D eigenvalue weighted by Crippen LogP contribution is 2.35. The molecule has 162 valence electrons. The van der Waals surface area contributed by atoms with Crippen molar-refractivity contribution in [2.75, 3.05) is 4.72 Å². The topological polar surface area (TPSA) is 81.8 Å². The quantitative estimate of drug-likeness (QED) is 0.470. The summed E-state index contributed by atoms with van der Waals surface area (Å²) in [5.74, 6) is 0.538. The number of aromatic nitrogens is 4. The molecule has 31 heavy (non-hydrogen) atoms. The van der Waals surface area contributed by atoms with Gasteiger partial charge in [0, 0.05) is 18.9 Å². The molecule has 0 unspecified atom stereocenters. The Morgan fingerprint density at radius 1 is 1.13 bits per heavy atom. The number of imidazole rings is 1. The Kier molecular flexibility index (Phi) is 5.13. The first kappa shape index (κ1) is 21.1. The van der Waals surface area contributed by atoms with E-state index in [4.69, 9.17) is 0 Å². The number of rotatable bonds is 5. The molecule has 0 amide bonds. The Morgan fingerprint density at radius 2 is 1.84 bits per heavy atom. The SMILES string of the molecule is Cc1nc(S(=O)(=O)Nc2ccc(-n3nc(C(F)(F)F)cc3-c3cccs3)cc2)cn1C. The molecule has 3 heterocycles. The minimum Gasteiger partial charge on any atom is -0.337 e. The third kappa shape index (κ3) is 4.21. The number of benzene rings is 1. The average Bonchev–Trinajstić information content (AvgIpc) is 3.42. The van der Waals surface area contributed by atoms with Gasteiger partial charge in [-0.05, 0) is 48.7 Å². The highest BCUT2D eigenvalue weighted by atomic mass is 32.2. The Labute approximate surface area is 179 Å². The Balaban J connectivity index is 1.66. The zero-order chi connectivity index (χ0) is 22.4. The standard InChI is InChI=1S/C19H16F3N5O2S2/c1-12-23-18(11-26(12)2)31(28,29)25-13-5-7-14(8-6-13)27-15(16-4-3-9-30-16)10-17(24-27)19(20,21)22/h3-11,25H,1-2H3. The fraction of sp³-hybridized carbons (Fsp3) is 0.158. The van der Waals surface area contributed by atoms with Crippen molar-refractivity contribution in [2.24, 2.45) is 7.05 Å². The van der Waals surface area contributed by atoms with E-state index in [-0.39, 0.29) is 10.7 Å². The fourth-order valence-corrected chi connectivity index (χ4v) is 4.68. The summed E-state index contributed by atoms with van der Waals surface area (Å²) < 4.78 is 69.9. The number of aryl methyl sites for hydroxylation is 2. The number of alkyl halides is 3. The minimum absolute atomic E-state index is 0.126. The van der Waals surface area contributed by atoms with Crippen LogP contribution in [-0.4, -0.2) is 27.7 Å². The lowest BCUT2D eigenvalue weighted by molar-refractivity contribution is -0.141. The highest BCUT2D eigenvalue weighted by Gasteiger charge is 2.35. The molecule has 0 atom stereocenters. The zero-order valence-corrected chi connectivity index (χ0v) is 17.9. The molecule has 0 aliphatic heterocycles. The molecular weight excluding hydrogens is 451 g/mol. The number of nitrogens with one attached hydrogen (secondary N) is 1. The van der Waals surface area contributed by atoms with Gasteiger partial charge in [0.15, 0.2) is 10.7 Å². The molecule has 0 saturated heterocycles. The fourth-order valence-electron chi connectivity index (χ4n) is 2.85. The normalized spacial score (nSPS) is 12.3. The molecule has 1 aromatic carbocycles. The van der Waals surface area contributed by atoms with Crippen LogP contribution in [0.2, 0.25) is 0 Å². The smallest absolute Gasteiger partial charge is 0.337 e. The van der Waals surface area contributed by atoms with Gasteiger partial charge in [-0.25, -0.2) is 9.67 Å². The van der Waals surface area contributed by atoms with Crippen molar-refractivity contribution in [1.29, 1.82) is 0 Å². The molecule has 0 fully saturated rings. The van der Waals surface area contributed by atoms with Crippen molar-refractivity contribution in [3.8, 4) is 16.3 Å². The number of halogens is 3. The molecule has 0 radical (unpaired) electrons. The van der Waals surface area contributed by atoms with E-state index in [0.717, 1.165) is 6.07 Å². The number of anilines is 1. The van der Waals surface area contributed by atoms with Crippen LogP contribution >= 0.6 is 11.3 Å². The lowest BCUT2D eigenvalue weighted by Crippen LogP contribution is -2.13. The molecular formula is C19H16F3N5O2S2. The second-order valence-electron chi connectivity index (χ2n) is 6.69. The van der Waals surface area contributed by atoms with Crippen molar-refractivity contribution >= 4 is 27.0 Å². The Hall–Kier alpha value is -3.12. The van der Waals surface area contributed by atoms with Crippen LogP contribution in [0.5, 0.6) is 0 Å². The molecule has 3 aromatic heterocycles. The van der Waals surface area contributed by atoms with Crippen LogP contribution in [0.25, 0.3) is 16.3 Å². The second kappa shape index (κ2) is 7.54. The van der Waals surface area contributed by atoms with E-state index in [2.05, 4.69) is 14.8 Å². The predicted octanol–water partition coefficient (Wildman–Crippen LogP) is 4.46. The lowest BCUT2D eigenvalue weighted by atomic mass is 10.2. The van der Waals surface area contributed by atoms with Crippen LogP contribution in [0.1, 0.15) is 11.5 Å². The molecule has 12 heteroatoms. The summed E-state index contributed by atoms with van der Waals surface area (Å²) in [6, 6.07) is 10.3. The van der Waals surface area contributed by atoms with Gasteiger partial charge in [0.2, 0.25) is 0 Å². The van der Waals surface area contributed by atoms with Crippen LogP contribution in [0.15, 0.2) is 59.1 Å². The maximum atomic E-state index is 13.2. The molecule has 0 aliphatic rings. The molecule has 0 aliphatic carbocycles. The predicted molar refractivity (Wildman–Crippen MR) is 111 cm³/mol. The number of thiophene rings is 1. The monoisotopic (exact) mass is 467 g/mol. The number of sulfonamides is 1. The highest BCUT2D eigenvalue weighted by molar-refractivity contribution is 7.92. The minimum atomic E-state index is -4.59. The van der Waals surface area contributed by atoms with Gasteiger partial charge in [-0.1, -0.05) is 6.07 Å². The van der Waals surface area contributed by atoms with Crippen molar-refractivity contribution in [3.05, 3.63) is 65.6 Å². The third-order valence-corrected chi connectivity index (χ3v) is 6.64. The van der Waals surface area contributed by atoms with Crippen molar-refractivity contribution < 1.29 is 21.6 Å². The first-order chi connectivity index (χ1) is 14.5. The molecule has 1 N–H and O–H groups in total. The van der Waals surface area contributed by atoms with Gasteiger partial charge >= 0.3 is 6.18 Å². The van der Waals surface area contributed by atoms with Crippen molar-refractivity contribution in [3.63, 3.8) is 0 Å². The maximum absolute atomic E-state index is 13.2. The molecule has 4 rings (SSSR count). The van der Waals surface area contributed by atoms with Crippen LogP contribution in [-0.2, 0) is 23.2 Å². The largest absolute Gasteiger partial charge is 0.435 e. The van der Waals surface area contributed by atoms with Gasteiger partial charge in [0.05, 0.1) is 16.3 Å².